The van der Waals surface area contributed by atoms with Crippen LogP contribution in [0.1, 0.15) is 17.5 Å². The maximum Gasteiger partial charge on any atom is 0.295 e. The van der Waals surface area contributed by atoms with Crippen LogP contribution in [0.15, 0.2) is 85.0 Å². The molecule has 1 aromatic heterocycles. The number of aliphatic hydroxyl groups is 1. The van der Waals surface area contributed by atoms with E-state index in [1.807, 2.05) is 47.2 Å². The number of benzene rings is 2. The first-order valence-corrected chi connectivity index (χ1v) is 10.7. The van der Waals surface area contributed by atoms with E-state index in [0.29, 0.717) is 30.1 Å². The number of nitrogens with zero attached hydrogens (tertiary/aromatic N) is 3. The largest absolute Gasteiger partial charge is 0.507 e. The minimum absolute atomic E-state index is 0.0761. The van der Waals surface area contributed by atoms with Crippen molar-refractivity contribution in [1.29, 1.82) is 0 Å². The topological polar surface area (TPSA) is 75.4 Å². The average molecular weight is 448 g/mol. The first-order valence-electron chi connectivity index (χ1n) is 10.3. The summed E-state index contributed by atoms with van der Waals surface area (Å²) >= 11 is 5.95. The summed E-state index contributed by atoms with van der Waals surface area (Å²) in [6.45, 7) is 1.03. The number of likely N-dealkylation sites (tertiary alicyclic amines) is 1. The van der Waals surface area contributed by atoms with Crippen LogP contribution < -0.4 is 0 Å². The number of imidazole rings is 1. The van der Waals surface area contributed by atoms with Crippen molar-refractivity contribution < 1.29 is 14.7 Å². The van der Waals surface area contributed by atoms with Gasteiger partial charge in [0.15, 0.2) is 0 Å². The highest BCUT2D eigenvalue weighted by molar-refractivity contribution is 6.47. The number of aryl methyl sites for hydroxylation is 1. The molecule has 1 aliphatic heterocycles. The summed E-state index contributed by atoms with van der Waals surface area (Å²) in [6.07, 6.45) is 9.54. The number of carbonyl (C=O) groups excluding carboxylic acids is 2. The standard InChI is InChI=1S/C25H22ClN3O3/c26-20-10-8-19(9-11-20)23(30)22-21(12-7-18-5-2-1-3-6-18)29(25(32)24(22)31)15-4-14-28-16-13-27-17-28/h1-3,5-13,16-17,21,30H,4,14-15H2/b12-7+,23-22+. The number of halogens is 1. The summed E-state index contributed by atoms with van der Waals surface area (Å²) in [6, 6.07) is 15.4. The van der Waals surface area contributed by atoms with Gasteiger partial charge in [-0.05, 0) is 36.2 Å². The number of amides is 1. The van der Waals surface area contributed by atoms with Crippen molar-refractivity contribution >= 4 is 35.1 Å². The van der Waals surface area contributed by atoms with Crippen LogP contribution in [-0.2, 0) is 16.1 Å². The second-order valence-corrected chi connectivity index (χ2v) is 7.90. The maximum atomic E-state index is 12.9. The molecule has 1 N–H and O–H groups in total. The summed E-state index contributed by atoms with van der Waals surface area (Å²) in [4.78, 5) is 31.3. The molecule has 0 bridgehead atoms. The second-order valence-electron chi connectivity index (χ2n) is 7.47. The van der Waals surface area contributed by atoms with Crippen LogP contribution in [0.25, 0.3) is 11.8 Å². The highest BCUT2D eigenvalue weighted by Gasteiger charge is 2.43. The molecule has 32 heavy (non-hydrogen) atoms. The minimum Gasteiger partial charge on any atom is -0.507 e. The molecular weight excluding hydrogens is 426 g/mol. The molecule has 6 nitrogen and oxygen atoms in total. The minimum atomic E-state index is -0.692. The van der Waals surface area contributed by atoms with Gasteiger partial charge in [-0.2, -0.15) is 0 Å². The van der Waals surface area contributed by atoms with Crippen LogP contribution in [0.4, 0.5) is 0 Å². The molecule has 2 aromatic carbocycles. The predicted octanol–water partition coefficient (Wildman–Crippen LogP) is 4.39. The number of carbonyl (C=O) groups is 2. The molecule has 1 amide bonds. The normalized spacial score (nSPS) is 18.0. The van der Waals surface area contributed by atoms with E-state index in [-0.39, 0.29) is 11.3 Å². The average Bonchev–Trinajstić information content (AvgIpc) is 3.41. The Balaban J connectivity index is 1.67. The fourth-order valence-electron chi connectivity index (χ4n) is 3.72. The van der Waals surface area contributed by atoms with Gasteiger partial charge in [0.1, 0.15) is 5.76 Å². The van der Waals surface area contributed by atoms with E-state index in [9.17, 15) is 14.7 Å². The van der Waals surface area contributed by atoms with Crippen LogP contribution in [-0.4, -0.2) is 43.8 Å². The molecule has 1 atom stereocenters. The molecule has 0 saturated carbocycles. The van der Waals surface area contributed by atoms with E-state index in [1.165, 1.54) is 4.90 Å². The molecule has 0 spiro atoms. The summed E-state index contributed by atoms with van der Waals surface area (Å²) in [5.41, 5.74) is 1.44. The third-order valence-electron chi connectivity index (χ3n) is 5.35. The second kappa shape index (κ2) is 9.66. The van der Waals surface area contributed by atoms with Gasteiger partial charge in [0.25, 0.3) is 11.7 Å². The quantitative estimate of drug-likeness (QED) is 0.331. The first-order chi connectivity index (χ1) is 15.5. The Labute approximate surface area is 191 Å². The highest BCUT2D eigenvalue weighted by atomic mass is 35.5. The molecule has 1 unspecified atom stereocenters. The lowest BCUT2D eigenvalue weighted by molar-refractivity contribution is -0.139. The molecular formula is C25H22ClN3O3. The van der Waals surface area contributed by atoms with Crippen LogP contribution in [0.2, 0.25) is 5.02 Å². The van der Waals surface area contributed by atoms with Crippen molar-refractivity contribution in [1.82, 2.24) is 14.5 Å². The number of Topliss-reactive ketones (excluding diaryl/α,β-unsaturated/α-hetero) is 1. The van der Waals surface area contributed by atoms with Crippen molar-refractivity contribution in [3.63, 3.8) is 0 Å². The SMILES string of the molecule is O=C1C(=O)N(CCCn2ccnc2)C(/C=C/c2ccccc2)/C1=C(\O)c1ccc(Cl)cc1. The molecule has 162 valence electrons. The van der Waals surface area contributed by atoms with Gasteiger partial charge < -0.3 is 14.6 Å². The number of ketones is 1. The van der Waals surface area contributed by atoms with E-state index < -0.39 is 17.7 Å². The van der Waals surface area contributed by atoms with E-state index in [4.69, 9.17) is 11.6 Å². The Bertz CT molecular complexity index is 1150. The Morgan fingerprint density at radius 1 is 1.06 bits per heavy atom. The fraction of sp³-hybridized carbons (Fsp3) is 0.160. The molecule has 4 rings (SSSR count). The zero-order valence-electron chi connectivity index (χ0n) is 17.3. The van der Waals surface area contributed by atoms with Crippen LogP contribution in [0.3, 0.4) is 0 Å². The van der Waals surface area contributed by atoms with Gasteiger partial charge in [0.2, 0.25) is 0 Å². The fourth-order valence-corrected chi connectivity index (χ4v) is 3.85. The zero-order valence-corrected chi connectivity index (χ0v) is 18.0. The van der Waals surface area contributed by atoms with Crippen molar-refractivity contribution in [3.8, 4) is 0 Å². The van der Waals surface area contributed by atoms with Gasteiger partial charge in [-0.25, -0.2) is 4.98 Å². The smallest absolute Gasteiger partial charge is 0.295 e. The van der Waals surface area contributed by atoms with Gasteiger partial charge in [-0.1, -0.05) is 54.1 Å². The van der Waals surface area contributed by atoms with E-state index >= 15 is 0 Å². The van der Waals surface area contributed by atoms with Crippen molar-refractivity contribution in [2.24, 2.45) is 0 Å². The summed E-state index contributed by atoms with van der Waals surface area (Å²) < 4.78 is 1.92. The Morgan fingerprint density at radius 2 is 1.81 bits per heavy atom. The van der Waals surface area contributed by atoms with Gasteiger partial charge in [-0.3, -0.25) is 9.59 Å². The lowest BCUT2D eigenvalue weighted by atomic mass is 10.00. The van der Waals surface area contributed by atoms with E-state index in [1.54, 1.807) is 42.9 Å². The van der Waals surface area contributed by atoms with Gasteiger partial charge in [0.05, 0.1) is 17.9 Å². The maximum absolute atomic E-state index is 12.9. The van der Waals surface area contributed by atoms with Crippen molar-refractivity contribution in [2.45, 2.75) is 19.0 Å². The molecule has 1 aliphatic rings. The van der Waals surface area contributed by atoms with E-state index in [0.717, 1.165) is 5.56 Å². The van der Waals surface area contributed by atoms with Crippen LogP contribution >= 0.6 is 11.6 Å². The molecule has 3 aromatic rings. The van der Waals surface area contributed by atoms with Gasteiger partial charge in [0, 0.05) is 36.1 Å². The lowest BCUT2D eigenvalue weighted by Crippen LogP contribution is -2.34. The van der Waals surface area contributed by atoms with Crippen LogP contribution in [0, 0.1) is 0 Å². The van der Waals surface area contributed by atoms with Crippen molar-refractivity contribution in [3.05, 3.63) is 101 Å². The van der Waals surface area contributed by atoms with Crippen LogP contribution in [0.5, 0.6) is 0 Å². The Kier molecular flexibility index (Phi) is 6.52. The van der Waals surface area contributed by atoms with E-state index in [2.05, 4.69) is 4.98 Å². The number of rotatable bonds is 7. The lowest BCUT2D eigenvalue weighted by Gasteiger charge is -2.22. The summed E-state index contributed by atoms with van der Waals surface area (Å²) in [7, 11) is 0. The number of hydrogen-bond acceptors (Lipinski definition) is 4. The molecule has 1 fully saturated rings. The van der Waals surface area contributed by atoms with Gasteiger partial charge >= 0.3 is 0 Å². The third kappa shape index (κ3) is 4.65. The Hall–Kier alpha value is -3.64. The predicted molar refractivity (Wildman–Crippen MR) is 124 cm³/mol. The molecule has 7 heteroatoms. The van der Waals surface area contributed by atoms with Gasteiger partial charge in [-0.15, -0.1) is 0 Å². The number of aromatic nitrogens is 2. The third-order valence-corrected chi connectivity index (χ3v) is 5.60. The molecule has 2 heterocycles. The highest BCUT2D eigenvalue weighted by Crippen LogP contribution is 2.30. The summed E-state index contributed by atoms with van der Waals surface area (Å²) in [5.74, 6) is -1.52. The Morgan fingerprint density at radius 3 is 2.50 bits per heavy atom. The molecule has 0 aliphatic carbocycles. The molecule has 1 saturated heterocycles. The zero-order chi connectivity index (χ0) is 22.5. The summed E-state index contributed by atoms with van der Waals surface area (Å²) in [5, 5.41) is 11.5. The number of hydrogen-bond donors (Lipinski definition) is 1. The monoisotopic (exact) mass is 447 g/mol. The molecule has 0 radical (unpaired) electrons. The van der Waals surface area contributed by atoms with Crippen molar-refractivity contribution in [2.75, 3.05) is 6.54 Å². The number of aliphatic hydroxyl groups excluding tert-OH is 1. The first kappa shape index (κ1) is 21.6.